The highest BCUT2D eigenvalue weighted by atomic mass is 32.2. The summed E-state index contributed by atoms with van der Waals surface area (Å²) in [5, 5.41) is 2.62. The summed E-state index contributed by atoms with van der Waals surface area (Å²) in [6.45, 7) is 6.17. The number of aromatic nitrogens is 3. The summed E-state index contributed by atoms with van der Waals surface area (Å²) < 4.78 is 29.0. The van der Waals surface area contributed by atoms with Gasteiger partial charge in [-0.3, -0.25) is 4.57 Å². The van der Waals surface area contributed by atoms with E-state index in [0.717, 1.165) is 70.7 Å². The van der Waals surface area contributed by atoms with Crippen LogP contribution in [-0.4, -0.2) is 35.5 Å². The molecule has 2 aromatic heterocycles. The molecule has 39 heavy (non-hydrogen) atoms. The van der Waals surface area contributed by atoms with Crippen molar-refractivity contribution in [1.82, 2.24) is 24.6 Å². The van der Waals surface area contributed by atoms with Gasteiger partial charge in [0.05, 0.1) is 4.90 Å². The lowest BCUT2D eigenvalue weighted by atomic mass is 10.1. The number of pyridine rings is 1. The van der Waals surface area contributed by atoms with Crippen LogP contribution in [-0.2, 0) is 22.9 Å². The predicted molar refractivity (Wildman–Crippen MR) is 153 cm³/mol. The Bertz CT molecular complexity index is 1620. The molecule has 0 bridgehead atoms. The van der Waals surface area contributed by atoms with Crippen molar-refractivity contribution in [3.8, 4) is 18.0 Å². The van der Waals surface area contributed by atoms with E-state index >= 15 is 0 Å². The maximum absolute atomic E-state index is 12.4. The van der Waals surface area contributed by atoms with Gasteiger partial charge in [0.1, 0.15) is 11.3 Å². The Kier molecular flexibility index (Phi) is 8.67. The quantitative estimate of drug-likeness (QED) is 0.218. The number of sulfonamides is 1. The Morgan fingerprint density at radius 2 is 1.69 bits per heavy atom. The van der Waals surface area contributed by atoms with Gasteiger partial charge in [0.25, 0.3) is 10.0 Å². The normalized spacial score (nSPS) is 11.3. The van der Waals surface area contributed by atoms with Gasteiger partial charge in [-0.2, -0.15) is 0 Å². The van der Waals surface area contributed by atoms with Crippen molar-refractivity contribution in [1.29, 1.82) is 0 Å². The third-order valence-corrected chi connectivity index (χ3v) is 7.77. The Hall–Kier alpha value is -4.16. The Morgan fingerprint density at radius 3 is 2.38 bits per heavy atom. The lowest BCUT2D eigenvalue weighted by Crippen LogP contribution is -2.40. The minimum Gasteiger partial charge on any atom is -0.337 e. The van der Waals surface area contributed by atoms with Crippen molar-refractivity contribution < 1.29 is 13.2 Å². The smallest absolute Gasteiger partial charge is 0.328 e. The van der Waals surface area contributed by atoms with Crippen molar-refractivity contribution in [2.45, 2.75) is 57.8 Å². The van der Waals surface area contributed by atoms with Crippen LogP contribution < -0.4 is 10.0 Å². The first-order chi connectivity index (χ1) is 18.7. The van der Waals surface area contributed by atoms with E-state index in [1.54, 1.807) is 12.1 Å². The summed E-state index contributed by atoms with van der Waals surface area (Å²) in [6, 6.07) is 15.6. The first-order valence-corrected chi connectivity index (χ1v) is 14.4. The number of urea groups is 1. The van der Waals surface area contributed by atoms with Gasteiger partial charge in [-0.05, 0) is 81.5 Å². The first kappa shape index (κ1) is 27.9. The van der Waals surface area contributed by atoms with Crippen LogP contribution in [0.25, 0.3) is 16.9 Å². The van der Waals surface area contributed by atoms with Crippen LogP contribution in [0.1, 0.15) is 47.5 Å². The molecule has 0 saturated carbocycles. The summed E-state index contributed by atoms with van der Waals surface area (Å²) in [6.07, 6.45) is 9.38. The molecule has 0 unspecified atom stereocenters. The second kappa shape index (κ2) is 12.1. The molecule has 2 amide bonds. The highest BCUT2D eigenvalue weighted by molar-refractivity contribution is 7.90. The van der Waals surface area contributed by atoms with E-state index in [-0.39, 0.29) is 11.4 Å². The van der Waals surface area contributed by atoms with E-state index in [0.29, 0.717) is 6.42 Å². The number of amides is 2. The fraction of sp³-hybridized carbons (Fsp3) is 0.300. The van der Waals surface area contributed by atoms with Gasteiger partial charge >= 0.3 is 6.03 Å². The molecule has 0 aliphatic heterocycles. The zero-order chi connectivity index (χ0) is 28.0. The number of hydrogen-bond acceptors (Lipinski definition) is 5. The van der Waals surface area contributed by atoms with E-state index in [2.05, 4.69) is 27.5 Å². The molecule has 4 rings (SSSR count). The molecule has 0 aliphatic rings. The van der Waals surface area contributed by atoms with Crippen LogP contribution in [0.5, 0.6) is 0 Å². The molecule has 2 aromatic carbocycles. The largest absolute Gasteiger partial charge is 0.337 e. The first-order valence-electron chi connectivity index (χ1n) is 12.9. The lowest BCUT2D eigenvalue weighted by molar-refractivity contribution is 0.246. The second-order valence-electron chi connectivity index (χ2n) is 9.62. The number of imidazole rings is 1. The van der Waals surface area contributed by atoms with Crippen molar-refractivity contribution in [3.05, 3.63) is 82.8 Å². The number of nitrogens with zero attached hydrogens (tertiary/aromatic N) is 3. The SMILES string of the molecule is C#CCCCCc1nc2c(C)cc(C)nc2n1-c1ccc(CCNC(=O)NS(=O)(=O)c2ccc(C)cc2)cc1. The molecule has 0 aliphatic carbocycles. The van der Waals surface area contributed by atoms with Crippen LogP contribution in [0.2, 0.25) is 0 Å². The lowest BCUT2D eigenvalue weighted by Gasteiger charge is -2.11. The molecule has 9 heteroatoms. The topological polar surface area (TPSA) is 106 Å². The maximum atomic E-state index is 12.4. The minimum atomic E-state index is -3.93. The summed E-state index contributed by atoms with van der Waals surface area (Å²) in [5.41, 5.74) is 6.65. The van der Waals surface area contributed by atoms with Crippen LogP contribution in [0, 0.1) is 33.1 Å². The number of carbonyl (C=O) groups excluding carboxylic acids is 1. The second-order valence-corrected chi connectivity index (χ2v) is 11.3. The number of rotatable bonds is 10. The minimum absolute atomic E-state index is 0.0427. The maximum Gasteiger partial charge on any atom is 0.328 e. The van der Waals surface area contributed by atoms with Gasteiger partial charge in [-0.1, -0.05) is 29.8 Å². The third kappa shape index (κ3) is 6.84. The van der Waals surface area contributed by atoms with Crippen molar-refractivity contribution in [2.75, 3.05) is 6.54 Å². The fourth-order valence-electron chi connectivity index (χ4n) is 4.42. The Balaban J connectivity index is 1.43. The highest BCUT2D eigenvalue weighted by Gasteiger charge is 2.18. The molecule has 0 atom stereocenters. The number of fused-ring (bicyclic) bond motifs is 1. The number of terminal acetylenes is 1. The molecular formula is C30H33N5O3S. The number of hydrogen-bond donors (Lipinski definition) is 2. The van der Waals surface area contributed by atoms with E-state index in [9.17, 15) is 13.2 Å². The standard InChI is InChI=1S/C30H33N5O3S/c1-5-6-7-8-9-27-33-28-22(3)20-23(4)32-29(28)35(27)25-14-12-24(13-15-25)18-19-31-30(36)34-39(37,38)26-16-10-21(2)11-17-26/h1,10-17,20H,6-9,18-19H2,2-4H3,(H2,31,34,36). The monoisotopic (exact) mass is 543 g/mol. The van der Waals surface area contributed by atoms with Crippen molar-refractivity contribution in [3.63, 3.8) is 0 Å². The molecule has 202 valence electrons. The van der Waals surface area contributed by atoms with E-state index < -0.39 is 16.1 Å². The number of nitrogens with one attached hydrogen (secondary N) is 2. The summed E-state index contributed by atoms with van der Waals surface area (Å²) in [7, 11) is -3.93. The number of benzene rings is 2. The number of aryl methyl sites for hydroxylation is 4. The third-order valence-electron chi connectivity index (χ3n) is 6.43. The molecule has 2 heterocycles. The van der Waals surface area contributed by atoms with E-state index in [1.807, 2.05) is 44.2 Å². The molecule has 2 N–H and O–H groups in total. The molecule has 4 aromatic rings. The number of unbranched alkanes of at least 4 members (excludes halogenated alkanes) is 2. The summed E-state index contributed by atoms with van der Waals surface area (Å²) >= 11 is 0. The molecule has 0 spiro atoms. The van der Waals surface area contributed by atoms with E-state index in [1.165, 1.54) is 12.1 Å². The van der Waals surface area contributed by atoms with Crippen LogP contribution in [0.4, 0.5) is 4.79 Å². The molecular weight excluding hydrogens is 510 g/mol. The molecule has 8 nitrogen and oxygen atoms in total. The Morgan fingerprint density at radius 1 is 0.974 bits per heavy atom. The molecule has 0 radical (unpaired) electrons. The molecule has 0 fully saturated rings. The van der Waals surface area contributed by atoms with Gasteiger partial charge in [-0.15, -0.1) is 12.3 Å². The summed E-state index contributed by atoms with van der Waals surface area (Å²) in [4.78, 5) is 22.0. The van der Waals surface area contributed by atoms with Crippen LogP contribution >= 0.6 is 0 Å². The fourth-order valence-corrected chi connectivity index (χ4v) is 5.35. The zero-order valence-electron chi connectivity index (χ0n) is 22.5. The van der Waals surface area contributed by atoms with Crippen LogP contribution in [0.3, 0.4) is 0 Å². The average molecular weight is 544 g/mol. The average Bonchev–Trinajstić information content (AvgIpc) is 3.25. The summed E-state index contributed by atoms with van der Waals surface area (Å²) in [5.74, 6) is 3.64. The van der Waals surface area contributed by atoms with Gasteiger partial charge < -0.3 is 5.32 Å². The van der Waals surface area contributed by atoms with Gasteiger partial charge in [0.2, 0.25) is 0 Å². The van der Waals surface area contributed by atoms with Gasteiger partial charge in [-0.25, -0.2) is 27.9 Å². The van der Waals surface area contributed by atoms with Gasteiger partial charge in [0, 0.05) is 30.8 Å². The predicted octanol–water partition coefficient (Wildman–Crippen LogP) is 4.92. The zero-order valence-corrected chi connectivity index (χ0v) is 23.3. The molecule has 0 saturated heterocycles. The highest BCUT2D eigenvalue weighted by Crippen LogP contribution is 2.25. The Labute approximate surface area is 229 Å². The van der Waals surface area contributed by atoms with Crippen molar-refractivity contribution in [2.24, 2.45) is 0 Å². The van der Waals surface area contributed by atoms with Gasteiger partial charge in [0.15, 0.2) is 5.65 Å². The van der Waals surface area contributed by atoms with Crippen LogP contribution in [0.15, 0.2) is 59.5 Å². The van der Waals surface area contributed by atoms with Crippen molar-refractivity contribution >= 4 is 27.2 Å². The van der Waals surface area contributed by atoms with E-state index in [4.69, 9.17) is 16.4 Å². The number of carbonyl (C=O) groups is 1.